The maximum atomic E-state index is 12.0. The van der Waals surface area contributed by atoms with Crippen molar-refractivity contribution in [3.63, 3.8) is 0 Å². The van der Waals surface area contributed by atoms with Crippen LogP contribution in [0.5, 0.6) is 5.75 Å². The Morgan fingerprint density at radius 1 is 1.17 bits per heavy atom. The maximum absolute atomic E-state index is 12.0. The number of rotatable bonds is 4. The largest absolute Gasteiger partial charge is 0.497 e. The van der Waals surface area contributed by atoms with E-state index in [0.717, 1.165) is 11.3 Å². The third kappa shape index (κ3) is 3.32. The highest BCUT2D eigenvalue weighted by molar-refractivity contribution is 6.40. The topological polar surface area (TPSA) is 109 Å². The number of aromatic amines is 1. The van der Waals surface area contributed by atoms with E-state index < -0.39 is 11.8 Å². The van der Waals surface area contributed by atoms with Crippen LogP contribution in [0, 0.1) is 0 Å². The van der Waals surface area contributed by atoms with Gasteiger partial charge in [0.2, 0.25) is 0 Å². The Morgan fingerprint density at radius 2 is 1.96 bits per heavy atom. The van der Waals surface area contributed by atoms with Gasteiger partial charge in [0.15, 0.2) is 5.65 Å². The second-order valence-electron chi connectivity index (χ2n) is 4.96. The van der Waals surface area contributed by atoms with Crippen molar-refractivity contribution in [2.24, 2.45) is 0 Å². The van der Waals surface area contributed by atoms with E-state index in [-0.39, 0.29) is 6.54 Å². The van der Waals surface area contributed by atoms with Gasteiger partial charge in [-0.15, -0.1) is 0 Å². The Kier molecular flexibility index (Phi) is 4.37. The molecule has 0 saturated carbocycles. The third-order valence-corrected chi connectivity index (χ3v) is 3.39. The minimum absolute atomic E-state index is 0.238. The normalized spacial score (nSPS) is 10.4. The minimum atomic E-state index is -0.780. The number of nitrogens with zero attached hydrogens (tertiary/aromatic N) is 2. The molecule has 2 aromatic heterocycles. The number of hydrogen-bond acceptors (Lipinski definition) is 5. The van der Waals surface area contributed by atoms with Crippen LogP contribution in [0.3, 0.4) is 0 Å². The van der Waals surface area contributed by atoms with E-state index in [1.165, 1.54) is 0 Å². The van der Waals surface area contributed by atoms with E-state index in [1.54, 1.807) is 37.6 Å². The van der Waals surface area contributed by atoms with Gasteiger partial charge in [-0.25, -0.2) is 4.98 Å². The molecule has 0 saturated heterocycles. The predicted octanol–water partition coefficient (Wildman–Crippen LogP) is 1.22. The number of amides is 2. The lowest BCUT2D eigenvalue weighted by Crippen LogP contribution is -2.35. The van der Waals surface area contributed by atoms with E-state index in [0.29, 0.717) is 16.9 Å². The highest BCUT2D eigenvalue weighted by Gasteiger charge is 2.16. The molecule has 0 fully saturated rings. The van der Waals surface area contributed by atoms with Crippen LogP contribution in [0.15, 0.2) is 42.6 Å². The smallest absolute Gasteiger partial charge is 0.314 e. The minimum Gasteiger partial charge on any atom is -0.497 e. The summed E-state index contributed by atoms with van der Waals surface area (Å²) in [5.41, 5.74) is 1.32. The molecule has 0 aliphatic carbocycles. The summed E-state index contributed by atoms with van der Waals surface area (Å²) >= 11 is 0. The zero-order valence-corrected chi connectivity index (χ0v) is 12.9. The van der Waals surface area contributed by atoms with Crippen LogP contribution in [0.1, 0.15) is 5.56 Å². The molecule has 2 heterocycles. The molecule has 24 heavy (non-hydrogen) atoms. The molecule has 1 aromatic carbocycles. The average molecular weight is 325 g/mol. The first-order chi connectivity index (χ1) is 11.7. The Labute approximate surface area is 137 Å². The summed E-state index contributed by atoms with van der Waals surface area (Å²) in [6.45, 7) is 0.238. The van der Waals surface area contributed by atoms with Gasteiger partial charge in [0.05, 0.1) is 12.5 Å². The van der Waals surface area contributed by atoms with Crippen molar-refractivity contribution in [1.82, 2.24) is 20.5 Å². The molecule has 0 aliphatic heterocycles. The van der Waals surface area contributed by atoms with Crippen molar-refractivity contribution in [2.45, 2.75) is 6.54 Å². The second kappa shape index (κ2) is 6.78. The maximum Gasteiger partial charge on any atom is 0.314 e. The molecule has 0 unspecified atom stereocenters. The van der Waals surface area contributed by atoms with Crippen LogP contribution in [-0.2, 0) is 16.1 Å². The number of anilines is 1. The fourth-order valence-corrected chi connectivity index (χ4v) is 2.12. The Bertz CT molecular complexity index is 873. The molecule has 0 spiro atoms. The Balaban J connectivity index is 1.59. The fraction of sp³-hybridized carbons (Fsp3) is 0.125. The number of nitrogens with one attached hydrogen (secondary N) is 3. The molecule has 0 atom stereocenters. The fourth-order valence-electron chi connectivity index (χ4n) is 2.12. The number of benzene rings is 1. The number of pyridine rings is 1. The van der Waals surface area contributed by atoms with Crippen LogP contribution in [0.25, 0.3) is 11.0 Å². The monoisotopic (exact) mass is 325 g/mol. The highest BCUT2D eigenvalue weighted by atomic mass is 16.5. The average Bonchev–Trinajstić information content (AvgIpc) is 3.03. The lowest BCUT2D eigenvalue weighted by atomic mass is 10.2. The molecule has 3 aromatic rings. The number of H-pyrrole nitrogens is 1. The zero-order valence-electron chi connectivity index (χ0n) is 12.9. The number of hydrogen-bond donors (Lipinski definition) is 3. The van der Waals surface area contributed by atoms with E-state index in [2.05, 4.69) is 25.8 Å². The van der Waals surface area contributed by atoms with E-state index in [1.807, 2.05) is 12.1 Å². The van der Waals surface area contributed by atoms with Crippen molar-refractivity contribution in [3.05, 3.63) is 48.2 Å². The predicted molar refractivity (Wildman–Crippen MR) is 87.4 cm³/mol. The van der Waals surface area contributed by atoms with Crippen molar-refractivity contribution in [1.29, 1.82) is 0 Å². The summed E-state index contributed by atoms with van der Waals surface area (Å²) in [6, 6.07) is 10.7. The summed E-state index contributed by atoms with van der Waals surface area (Å²) in [7, 11) is 1.58. The number of aromatic nitrogens is 3. The third-order valence-electron chi connectivity index (χ3n) is 3.39. The first-order valence-electron chi connectivity index (χ1n) is 7.18. The summed E-state index contributed by atoms with van der Waals surface area (Å²) in [6.07, 6.45) is 1.59. The van der Waals surface area contributed by atoms with Gasteiger partial charge in [0.25, 0.3) is 0 Å². The molecule has 0 radical (unpaired) electrons. The van der Waals surface area contributed by atoms with Crippen molar-refractivity contribution < 1.29 is 14.3 Å². The molecular weight excluding hydrogens is 310 g/mol. The summed E-state index contributed by atoms with van der Waals surface area (Å²) in [5.74, 6) is -0.458. The van der Waals surface area contributed by atoms with Crippen LogP contribution in [0.2, 0.25) is 0 Å². The number of carbonyl (C=O) groups is 2. The number of methoxy groups -OCH3 is 1. The Hall–Kier alpha value is -3.42. The molecule has 0 aliphatic rings. The molecule has 3 rings (SSSR count). The van der Waals surface area contributed by atoms with Crippen LogP contribution < -0.4 is 15.4 Å². The number of fused-ring (bicyclic) bond motifs is 1. The Morgan fingerprint density at radius 3 is 2.71 bits per heavy atom. The zero-order chi connectivity index (χ0) is 16.9. The lowest BCUT2D eigenvalue weighted by molar-refractivity contribution is -0.136. The van der Waals surface area contributed by atoms with Gasteiger partial charge in [-0.2, -0.15) is 5.10 Å². The molecule has 3 N–H and O–H groups in total. The van der Waals surface area contributed by atoms with Gasteiger partial charge >= 0.3 is 11.8 Å². The first kappa shape index (κ1) is 15.5. The van der Waals surface area contributed by atoms with Crippen molar-refractivity contribution >= 4 is 28.7 Å². The van der Waals surface area contributed by atoms with E-state index in [4.69, 9.17) is 4.74 Å². The summed E-state index contributed by atoms with van der Waals surface area (Å²) in [5, 5.41) is 12.3. The van der Waals surface area contributed by atoms with Gasteiger partial charge in [-0.05, 0) is 29.8 Å². The molecule has 8 nitrogen and oxygen atoms in total. The summed E-state index contributed by atoms with van der Waals surface area (Å²) < 4.78 is 5.06. The van der Waals surface area contributed by atoms with Crippen molar-refractivity contribution in [2.75, 3.05) is 12.4 Å². The van der Waals surface area contributed by atoms with Gasteiger partial charge in [-0.3, -0.25) is 14.7 Å². The van der Waals surface area contributed by atoms with Gasteiger partial charge < -0.3 is 15.4 Å². The number of carbonyl (C=O) groups excluding carboxylic acids is 2. The van der Waals surface area contributed by atoms with Crippen LogP contribution in [-0.4, -0.2) is 34.1 Å². The quantitative estimate of drug-likeness (QED) is 0.625. The summed E-state index contributed by atoms with van der Waals surface area (Å²) in [4.78, 5) is 27.9. The molecular formula is C16H15N5O3. The molecule has 122 valence electrons. The lowest BCUT2D eigenvalue weighted by Gasteiger charge is -2.06. The van der Waals surface area contributed by atoms with Gasteiger partial charge in [0, 0.05) is 12.7 Å². The second-order valence-corrected chi connectivity index (χ2v) is 4.96. The SMILES string of the molecule is COc1ccc(CNC(=O)C(=O)Nc2[nH]nc3ncccc23)cc1. The molecule has 0 bridgehead atoms. The first-order valence-corrected chi connectivity index (χ1v) is 7.18. The van der Waals surface area contributed by atoms with E-state index in [9.17, 15) is 9.59 Å². The highest BCUT2D eigenvalue weighted by Crippen LogP contribution is 2.17. The standard InChI is InChI=1S/C16H15N5O3/c1-24-11-6-4-10(5-7-11)9-18-15(22)16(23)19-14-12-3-2-8-17-13(12)20-21-14/h2-8H,9H2,1H3,(H,18,22)(H2,17,19,20,21,23). The van der Waals surface area contributed by atoms with Crippen LogP contribution >= 0.6 is 0 Å². The van der Waals surface area contributed by atoms with Gasteiger partial charge in [0.1, 0.15) is 11.6 Å². The molecule has 2 amide bonds. The van der Waals surface area contributed by atoms with Crippen molar-refractivity contribution in [3.8, 4) is 5.75 Å². The van der Waals surface area contributed by atoms with Crippen LogP contribution in [0.4, 0.5) is 5.82 Å². The van der Waals surface area contributed by atoms with E-state index >= 15 is 0 Å². The van der Waals surface area contributed by atoms with Gasteiger partial charge in [-0.1, -0.05) is 12.1 Å². The molecule has 8 heteroatoms. The number of ether oxygens (including phenoxy) is 1.